The quantitative estimate of drug-likeness (QED) is 0.498. The van der Waals surface area contributed by atoms with E-state index in [1.54, 1.807) is 0 Å². The van der Waals surface area contributed by atoms with Gasteiger partial charge in [-0.2, -0.15) is 5.10 Å². The Morgan fingerprint density at radius 3 is 2.90 bits per heavy atom. The molecule has 1 saturated heterocycles. The minimum Gasteiger partial charge on any atom is -0.361 e. The maximum atomic E-state index is 12.9. The fourth-order valence-corrected chi connectivity index (χ4v) is 4.09. The van der Waals surface area contributed by atoms with Gasteiger partial charge < -0.3 is 15.2 Å². The van der Waals surface area contributed by atoms with E-state index >= 15 is 0 Å². The lowest BCUT2D eigenvalue weighted by Crippen LogP contribution is -2.48. The monoisotopic (exact) mass is 385 g/mol. The summed E-state index contributed by atoms with van der Waals surface area (Å²) < 4.78 is 0. The van der Waals surface area contributed by atoms with E-state index in [9.17, 15) is 4.79 Å². The predicted octanol–water partition coefficient (Wildman–Crippen LogP) is 3.96. The minimum absolute atomic E-state index is 0.0194. The summed E-state index contributed by atoms with van der Waals surface area (Å²) >= 11 is 0. The molecule has 0 spiro atoms. The molecule has 1 unspecified atom stereocenters. The van der Waals surface area contributed by atoms with Crippen LogP contribution in [-0.4, -0.2) is 40.2 Å². The fraction of sp³-hybridized carbons (Fsp3) is 0.217. The first-order valence-electron chi connectivity index (χ1n) is 10.0. The van der Waals surface area contributed by atoms with Gasteiger partial charge in [-0.1, -0.05) is 36.4 Å². The number of aromatic amines is 2. The molecule has 0 saturated carbocycles. The number of H-pyrrole nitrogens is 2. The van der Waals surface area contributed by atoms with Crippen molar-refractivity contribution < 1.29 is 4.79 Å². The van der Waals surface area contributed by atoms with Crippen LogP contribution in [0.5, 0.6) is 0 Å². The molecule has 0 bridgehead atoms. The van der Waals surface area contributed by atoms with Crippen LogP contribution in [0.2, 0.25) is 0 Å². The Labute approximate surface area is 168 Å². The SMILES string of the molecule is O=C(NC1CCCN(c2cc(-c3ccccc3)[nH]n2)C1)c1cccc2[nH]ccc12. The molecule has 4 aromatic rings. The Hall–Kier alpha value is -3.54. The molecule has 3 N–H and O–H groups in total. The van der Waals surface area contributed by atoms with Crippen molar-refractivity contribution in [1.82, 2.24) is 20.5 Å². The lowest BCUT2D eigenvalue weighted by atomic mass is 10.0. The number of benzene rings is 2. The molecule has 6 nitrogen and oxygen atoms in total. The Morgan fingerprint density at radius 2 is 2.00 bits per heavy atom. The molecule has 1 amide bonds. The van der Waals surface area contributed by atoms with Crippen molar-refractivity contribution in [2.45, 2.75) is 18.9 Å². The second-order valence-corrected chi connectivity index (χ2v) is 7.51. The van der Waals surface area contributed by atoms with E-state index in [-0.39, 0.29) is 11.9 Å². The summed E-state index contributed by atoms with van der Waals surface area (Å²) in [4.78, 5) is 18.3. The van der Waals surface area contributed by atoms with E-state index in [1.807, 2.05) is 48.7 Å². The highest BCUT2D eigenvalue weighted by molar-refractivity contribution is 6.06. The summed E-state index contributed by atoms with van der Waals surface area (Å²) in [5, 5.41) is 11.8. The van der Waals surface area contributed by atoms with Crippen LogP contribution in [0, 0.1) is 0 Å². The number of aromatic nitrogens is 3. The molecular weight excluding hydrogens is 362 g/mol. The van der Waals surface area contributed by atoms with Crippen LogP contribution in [-0.2, 0) is 0 Å². The van der Waals surface area contributed by atoms with Crippen LogP contribution in [0.3, 0.4) is 0 Å². The Morgan fingerprint density at radius 1 is 1.10 bits per heavy atom. The van der Waals surface area contributed by atoms with Crippen molar-refractivity contribution in [2.24, 2.45) is 0 Å². The van der Waals surface area contributed by atoms with Gasteiger partial charge in [-0.15, -0.1) is 0 Å². The van der Waals surface area contributed by atoms with Crippen LogP contribution < -0.4 is 10.2 Å². The van der Waals surface area contributed by atoms with E-state index < -0.39 is 0 Å². The van der Waals surface area contributed by atoms with Gasteiger partial charge in [0.2, 0.25) is 0 Å². The lowest BCUT2D eigenvalue weighted by molar-refractivity contribution is 0.0935. The molecule has 1 fully saturated rings. The van der Waals surface area contributed by atoms with E-state index in [4.69, 9.17) is 0 Å². The largest absolute Gasteiger partial charge is 0.361 e. The number of piperidine rings is 1. The minimum atomic E-state index is -0.0194. The first-order chi connectivity index (χ1) is 14.3. The molecular formula is C23H23N5O. The third kappa shape index (κ3) is 3.49. The zero-order valence-corrected chi connectivity index (χ0v) is 16.1. The smallest absolute Gasteiger partial charge is 0.252 e. The van der Waals surface area contributed by atoms with E-state index in [0.29, 0.717) is 5.56 Å². The van der Waals surface area contributed by atoms with Crippen molar-refractivity contribution in [1.29, 1.82) is 0 Å². The Kier molecular flexibility index (Phi) is 4.52. The maximum absolute atomic E-state index is 12.9. The number of hydrogen-bond acceptors (Lipinski definition) is 3. The molecule has 29 heavy (non-hydrogen) atoms. The highest BCUT2D eigenvalue weighted by atomic mass is 16.1. The molecule has 1 atom stereocenters. The number of fused-ring (bicyclic) bond motifs is 1. The Bertz CT molecular complexity index is 1130. The van der Waals surface area contributed by atoms with Gasteiger partial charge in [-0.05, 0) is 36.6 Å². The molecule has 5 rings (SSSR count). The van der Waals surface area contributed by atoms with Crippen molar-refractivity contribution in [3.05, 3.63) is 72.4 Å². The number of carbonyl (C=O) groups excluding carboxylic acids is 1. The lowest BCUT2D eigenvalue weighted by Gasteiger charge is -2.33. The van der Waals surface area contributed by atoms with Gasteiger partial charge >= 0.3 is 0 Å². The maximum Gasteiger partial charge on any atom is 0.252 e. The number of rotatable bonds is 4. The van der Waals surface area contributed by atoms with Crippen LogP contribution >= 0.6 is 0 Å². The molecule has 0 aliphatic carbocycles. The summed E-state index contributed by atoms with van der Waals surface area (Å²) in [7, 11) is 0. The van der Waals surface area contributed by atoms with Crippen molar-refractivity contribution >= 4 is 22.6 Å². The molecule has 146 valence electrons. The molecule has 1 aliphatic heterocycles. The topological polar surface area (TPSA) is 76.8 Å². The molecule has 2 aromatic carbocycles. The number of anilines is 1. The second-order valence-electron chi connectivity index (χ2n) is 7.51. The summed E-state index contributed by atoms with van der Waals surface area (Å²) in [6, 6.07) is 20.1. The van der Waals surface area contributed by atoms with Crippen LogP contribution in [0.1, 0.15) is 23.2 Å². The Balaban J connectivity index is 1.29. The number of nitrogens with zero attached hydrogens (tertiary/aromatic N) is 2. The van der Waals surface area contributed by atoms with Crippen LogP contribution in [0.15, 0.2) is 66.9 Å². The third-order valence-electron chi connectivity index (χ3n) is 5.57. The highest BCUT2D eigenvalue weighted by Crippen LogP contribution is 2.24. The summed E-state index contributed by atoms with van der Waals surface area (Å²) in [6.07, 6.45) is 3.86. The number of nitrogens with one attached hydrogen (secondary N) is 3. The summed E-state index contributed by atoms with van der Waals surface area (Å²) in [5.74, 6) is 0.907. The zero-order valence-electron chi connectivity index (χ0n) is 16.1. The number of carbonyl (C=O) groups is 1. The van der Waals surface area contributed by atoms with Crippen molar-refractivity contribution in [3.63, 3.8) is 0 Å². The molecule has 3 heterocycles. The molecule has 6 heteroatoms. The van der Waals surface area contributed by atoms with Gasteiger partial charge in [-0.25, -0.2) is 0 Å². The van der Waals surface area contributed by atoms with Crippen LogP contribution in [0.4, 0.5) is 5.82 Å². The molecule has 1 aliphatic rings. The zero-order chi connectivity index (χ0) is 19.6. The van der Waals surface area contributed by atoms with E-state index in [1.165, 1.54) is 0 Å². The summed E-state index contributed by atoms with van der Waals surface area (Å²) in [5.41, 5.74) is 3.82. The second kappa shape index (κ2) is 7.47. The predicted molar refractivity (Wildman–Crippen MR) is 115 cm³/mol. The standard InChI is InChI=1S/C23H23N5O/c29-23(19-9-4-10-20-18(19)11-12-24-20)25-17-8-5-13-28(15-17)22-14-21(26-27-22)16-6-2-1-3-7-16/h1-4,6-7,9-12,14,17,24H,5,8,13,15H2,(H,25,29)(H,26,27). The van der Waals surface area contributed by atoms with Crippen molar-refractivity contribution in [2.75, 3.05) is 18.0 Å². The van der Waals surface area contributed by atoms with Crippen molar-refractivity contribution in [3.8, 4) is 11.3 Å². The van der Waals surface area contributed by atoms with Gasteiger partial charge in [-0.3, -0.25) is 9.89 Å². The van der Waals surface area contributed by atoms with E-state index in [0.717, 1.165) is 53.9 Å². The average Bonchev–Trinajstić information content (AvgIpc) is 3.44. The number of amides is 1. The van der Waals surface area contributed by atoms with Gasteiger partial charge in [0.15, 0.2) is 5.82 Å². The summed E-state index contributed by atoms with van der Waals surface area (Å²) in [6.45, 7) is 1.70. The highest BCUT2D eigenvalue weighted by Gasteiger charge is 2.24. The first kappa shape index (κ1) is 17.6. The first-order valence-corrected chi connectivity index (χ1v) is 10.0. The molecule has 0 radical (unpaired) electrons. The van der Waals surface area contributed by atoms with Gasteiger partial charge in [0.1, 0.15) is 0 Å². The third-order valence-corrected chi connectivity index (χ3v) is 5.57. The van der Waals surface area contributed by atoms with Gasteiger partial charge in [0, 0.05) is 47.9 Å². The average molecular weight is 385 g/mol. The molecule has 2 aromatic heterocycles. The van der Waals surface area contributed by atoms with Gasteiger partial charge in [0.05, 0.1) is 5.69 Å². The number of hydrogen-bond donors (Lipinski definition) is 3. The van der Waals surface area contributed by atoms with Crippen LogP contribution in [0.25, 0.3) is 22.2 Å². The van der Waals surface area contributed by atoms with E-state index in [2.05, 4.69) is 43.6 Å². The normalized spacial score (nSPS) is 16.8. The van der Waals surface area contributed by atoms with Gasteiger partial charge in [0.25, 0.3) is 5.91 Å². The fourth-order valence-electron chi connectivity index (χ4n) is 4.09.